The van der Waals surface area contributed by atoms with Crippen molar-refractivity contribution in [2.45, 2.75) is 59.0 Å². The standard InChI is InChI=1S/C17H30N2S/c1-15(2)10-16(3,4)12-17(11-15,13-18)19(5)8-14-6-7-20-9-14/h6-7,9H,8,10-13,18H2,1-5H3. The van der Waals surface area contributed by atoms with Gasteiger partial charge in [0.2, 0.25) is 0 Å². The maximum Gasteiger partial charge on any atom is 0.0342 e. The van der Waals surface area contributed by atoms with Crippen molar-refractivity contribution >= 4 is 11.3 Å². The van der Waals surface area contributed by atoms with Crippen LogP contribution in [0.25, 0.3) is 0 Å². The molecule has 0 atom stereocenters. The van der Waals surface area contributed by atoms with Crippen molar-refractivity contribution in [1.29, 1.82) is 0 Å². The van der Waals surface area contributed by atoms with Gasteiger partial charge in [0.25, 0.3) is 0 Å². The predicted molar refractivity (Wildman–Crippen MR) is 89.0 cm³/mol. The molecule has 3 heteroatoms. The number of thiophene rings is 1. The molecular weight excluding hydrogens is 264 g/mol. The van der Waals surface area contributed by atoms with E-state index >= 15 is 0 Å². The molecule has 1 heterocycles. The van der Waals surface area contributed by atoms with Crippen LogP contribution >= 0.6 is 11.3 Å². The molecule has 1 saturated carbocycles. The van der Waals surface area contributed by atoms with Crippen LogP contribution < -0.4 is 5.73 Å². The van der Waals surface area contributed by atoms with E-state index in [0.29, 0.717) is 10.8 Å². The van der Waals surface area contributed by atoms with Crippen molar-refractivity contribution in [2.75, 3.05) is 13.6 Å². The Balaban J connectivity index is 2.23. The third kappa shape index (κ3) is 3.44. The molecule has 1 aliphatic rings. The van der Waals surface area contributed by atoms with Crippen molar-refractivity contribution < 1.29 is 0 Å². The van der Waals surface area contributed by atoms with Gasteiger partial charge in [0.1, 0.15) is 0 Å². The Labute approximate surface area is 128 Å². The third-order valence-electron chi connectivity index (χ3n) is 4.76. The van der Waals surface area contributed by atoms with Gasteiger partial charge in [0.05, 0.1) is 0 Å². The predicted octanol–water partition coefficient (Wildman–Crippen LogP) is 4.11. The second-order valence-corrected chi connectivity index (χ2v) is 9.05. The normalized spacial score (nSPS) is 23.9. The molecule has 1 aromatic rings. The fourth-order valence-corrected chi connectivity index (χ4v) is 5.32. The summed E-state index contributed by atoms with van der Waals surface area (Å²) in [6.45, 7) is 11.4. The van der Waals surface area contributed by atoms with E-state index in [0.717, 1.165) is 13.1 Å². The summed E-state index contributed by atoms with van der Waals surface area (Å²) in [7, 11) is 2.25. The molecule has 1 aromatic heterocycles. The Kier molecular flexibility index (Phi) is 4.35. The van der Waals surface area contributed by atoms with Gasteiger partial charge in [-0.05, 0) is 59.5 Å². The number of likely N-dealkylation sites (N-methyl/N-ethyl adjacent to an activating group) is 1. The van der Waals surface area contributed by atoms with Gasteiger partial charge in [-0.2, -0.15) is 11.3 Å². The molecule has 0 spiro atoms. The van der Waals surface area contributed by atoms with Crippen LogP contribution in [0.15, 0.2) is 16.8 Å². The monoisotopic (exact) mass is 294 g/mol. The van der Waals surface area contributed by atoms with Crippen LogP contribution in [0.5, 0.6) is 0 Å². The lowest BCUT2D eigenvalue weighted by molar-refractivity contribution is -0.0356. The van der Waals surface area contributed by atoms with Gasteiger partial charge in [0.15, 0.2) is 0 Å². The van der Waals surface area contributed by atoms with Crippen LogP contribution in [0.4, 0.5) is 0 Å². The summed E-state index contributed by atoms with van der Waals surface area (Å²) < 4.78 is 0. The molecule has 2 rings (SSSR count). The van der Waals surface area contributed by atoms with E-state index in [4.69, 9.17) is 5.73 Å². The summed E-state index contributed by atoms with van der Waals surface area (Å²) in [6.07, 6.45) is 3.68. The minimum Gasteiger partial charge on any atom is -0.329 e. The van der Waals surface area contributed by atoms with Crippen LogP contribution in [0.1, 0.15) is 52.5 Å². The molecule has 1 aliphatic carbocycles. The van der Waals surface area contributed by atoms with E-state index < -0.39 is 0 Å². The Bertz CT molecular complexity index is 418. The fourth-order valence-electron chi connectivity index (χ4n) is 4.66. The average molecular weight is 295 g/mol. The zero-order valence-corrected chi connectivity index (χ0v) is 14.5. The van der Waals surface area contributed by atoms with E-state index in [2.05, 4.69) is 56.5 Å². The zero-order chi connectivity index (χ0) is 15.0. The number of nitrogens with zero attached hydrogens (tertiary/aromatic N) is 1. The van der Waals surface area contributed by atoms with Gasteiger partial charge in [-0.25, -0.2) is 0 Å². The highest BCUT2D eigenvalue weighted by atomic mass is 32.1. The van der Waals surface area contributed by atoms with E-state index in [1.165, 1.54) is 24.8 Å². The van der Waals surface area contributed by atoms with Crippen LogP contribution in [0.2, 0.25) is 0 Å². The van der Waals surface area contributed by atoms with Crippen molar-refractivity contribution in [2.24, 2.45) is 16.6 Å². The van der Waals surface area contributed by atoms with Gasteiger partial charge in [-0.1, -0.05) is 27.7 Å². The molecule has 0 aliphatic heterocycles. The van der Waals surface area contributed by atoms with Crippen molar-refractivity contribution in [3.05, 3.63) is 22.4 Å². The molecule has 0 unspecified atom stereocenters. The van der Waals surface area contributed by atoms with E-state index in [1.54, 1.807) is 11.3 Å². The lowest BCUT2D eigenvalue weighted by Gasteiger charge is -2.55. The summed E-state index contributed by atoms with van der Waals surface area (Å²) in [4.78, 5) is 2.51. The largest absolute Gasteiger partial charge is 0.329 e. The van der Waals surface area contributed by atoms with Gasteiger partial charge in [0, 0.05) is 18.6 Å². The molecule has 2 nitrogen and oxygen atoms in total. The van der Waals surface area contributed by atoms with Crippen molar-refractivity contribution in [3.8, 4) is 0 Å². The summed E-state index contributed by atoms with van der Waals surface area (Å²) in [6, 6.07) is 2.23. The van der Waals surface area contributed by atoms with E-state index in [1.807, 2.05) is 0 Å². The van der Waals surface area contributed by atoms with Gasteiger partial charge < -0.3 is 5.73 Å². The van der Waals surface area contributed by atoms with Crippen molar-refractivity contribution in [1.82, 2.24) is 4.90 Å². The third-order valence-corrected chi connectivity index (χ3v) is 5.49. The summed E-state index contributed by atoms with van der Waals surface area (Å²) >= 11 is 1.78. The highest BCUT2D eigenvalue weighted by Gasteiger charge is 2.48. The maximum absolute atomic E-state index is 6.27. The minimum absolute atomic E-state index is 0.132. The molecule has 114 valence electrons. The Morgan fingerprint density at radius 2 is 1.75 bits per heavy atom. The first-order valence-electron chi connectivity index (χ1n) is 7.61. The second-order valence-electron chi connectivity index (χ2n) is 8.27. The average Bonchev–Trinajstić information content (AvgIpc) is 2.77. The summed E-state index contributed by atoms with van der Waals surface area (Å²) in [5.74, 6) is 0. The lowest BCUT2D eigenvalue weighted by Crippen LogP contribution is -2.59. The van der Waals surface area contributed by atoms with Gasteiger partial charge >= 0.3 is 0 Å². The first kappa shape index (κ1) is 16.0. The van der Waals surface area contributed by atoms with Crippen molar-refractivity contribution in [3.63, 3.8) is 0 Å². The SMILES string of the molecule is CN(Cc1ccsc1)C1(CN)CC(C)(C)CC(C)(C)C1. The number of rotatable bonds is 4. The molecule has 2 N–H and O–H groups in total. The van der Waals surface area contributed by atoms with Crippen LogP contribution in [0, 0.1) is 10.8 Å². The van der Waals surface area contributed by atoms with Crippen LogP contribution in [-0.2, 0) is 6.54 Å². The molecule has 1 fully saturated rings. The molecule has 0 bridgehead atoms. The van der Waals surface area contributed by atoms with E-state index in [9.17, 15) is 0 Å². The lowest BCUT2D eigenvalue weighted by atomic mass is 9.58. The zero-order valence-electron chi connectivity index (χ0n) is 13.7. The number of hydrogen-bond acceptors (Lipinski definition) is 3. The van der Waals surface area contributed by atoms with E-state index in [-0.39, 0.29) is 5.54 Å². The van der Waals surface area contributed by atoms with Gasteiger partial charge in [-0.3, -0.25) is 4.90 Å². The highest BCUT2D eigenvalue weighted by molar-refractivity contribution is 7.07. The fraction of sp³-hybridized carbons (Fsp3) is 0.765. The summed E-state index contributed by atoms with van der Waals surface area (Å²) in [5, 5.41) is 4.41. The molecule has 20 heavy (non-hydrogen) atoms. The highest BCUT2D eigenvalue weighted by Crippen LogP contribution is 2.51. The Morgan fingerprint density at radius 3 is 2.20 bits per heavy atom. The topological polar surface area (TPSA) is 29.3 Å². The quantitative estimate of drug-likeness (QED) is 0.905. The summed E-state index contributed by atoms with van der Waals surface area (Å²) in [5.41, 5.74) is 8.54. The molecule has 0 radical (unpaired) electrons. The van der Waals surface area contributed by atoms with Gasteiger partial charge in [-0.15, -0.1) is 0 Å². The first-order chi connectivity index (χ1) is 9.18. The molecular formula is C17H30N2S. The number of hydrogen-bond donors (Lipinski definition) is 1. The van der Waals surface area contributed by atoms with Crippen LogP contribution in [0.3, 0.4) is 0 Å². The Hall–Kier alpha value is -0.380. The second kappa shape index (κ2) is 5.43. The smallest absolute Gasteiger partial charge is 0.0342 e. The van der Waals surface area contributed by atoms with Crippen LogP contribution in [-0.4, -0.2) is 24.0 Å². The minimum atomic E-state index is 0.132. The molecule has 0 amide bonds. The number of nitrogens with two attached hydrogens (primary N) is 1. The Morgan fingerprint density at radius 1 is 1.15 bits per heavy atom. The maximum atomic E-state index is 6.27. The first-order valence-corrected chi connectivity index (χ1v) is 8.55. The molecule has 0 saturated heterocycles. The molecule has 0 aromatic carbocycles.